The number of benzene rings is 1. The van der Waals surface area contributed by atoms with E-state index in [1.54, 1.807) is 0 Å². The Hall–Kier alpha value is -0.740. The Morgan fingerprint density at radius 3 is 3.33 bits per heavy atom. The molecule has 15 heavy (non-hydrogen) atoms. The van der Waals surface area contributed by atoms with Crippen molar-refractivity contribution in [3.8, 4) is 0 Å². The van der Waals surface area contributed by atoms with Crippen LogP contribution in [0.3, 0.4) is 0 Å². The largest absolute Gasteiger partial charge is 0.381 e. The van der Waals surface area contributed by atoms with Crippen LogP contribution in [0.25, 0.3) is 0 Å². The average molecular weight is 269 g/mol. The van der Waals surface area contributed by atoms with Gasteiger partial charge in [-0.15, -0.1) is 0 Å². The van der Waals surface area contributed by atoms with E-state index in [1.807, 2.05) is 0 Å². The van der Waals surface area contributed by atoms with Crippen molar-refractivity contribution in [3.05, 3.63) is 22.7 Å². The van der Waals surface area contributed by atoms with Crippen molar-refractivity contribution >= 4 is 27.3 Å². The van der Waals surface area contributed by atoms with E-state index in [9.17, 15) is 0 Å². The maximum Gasteiger partial charge on any atom is 0.0697 e. The minimum Gasteiger partial charge on any atom is -0.381 e. The molecule has 80 valence electrons. The lowest BCUT2D eigenvalue weighted by atomic mass is 10.1. The monoisotopic (exact) mass is 268 g/mol. The minimum absolute atomic E-state index is 0.487. The van der Waals surface area contributed by atoms with Gasteiger partial charge in [-0.2, -0.15) is 0 Å². The molecule has 1 atom stereocenters. The smallest absolute Gasteiger partial charge is 0.0697 e. The van der Waals surface area contributed by atoms with Crippen LogP contribution in [0.2, 0.25) is 0 Å². The van der Waals surface area contributed by atoms with E-state index in [-0.39, 0.29) is 0 Å². The average Bonchev–Trinajstić information content (AvgIpc) is 2.29. The van der Waals surface area contributed by atoms with Crippen molar-refractivity contribution in [1.29, 1.82) is 0 Å². The summed E-state index contributed by atoms with van der Waals surface area (Å²) in [6.07, 6.45) is 0. The van der Waals surface area contributed by atoms with Gasteiger partial charge in [-0.3, -0.25) is 0 Å². The molecule has 3 nitrogen and oxygen atoms in total. The van der Waals surface area contributed by atoms with Gasteiger partial charge in [-0.05, 0) is 18.2 Å². The predicted octanol–water partition coefficient (Wildman–Crippen LogP) is 2.08. The first-order chi connectivity index (χ1) is 7.34. The highest BCUT2D eigenvalue weighted by Gasteiger charge is 2.28. The number of nitrogens with one attached hydrogen (secondary N) is 1. The summed E-state index contributed by atoms with van der Waals surface area (Å²) >= 11 is 3.52. The van der Waals surface area contributed by atoms with E-state index in [1.165, 1.54) is 11.4 Å². The maximum atomic E-state index is 5.49. The number of rotatable bonds is 0. The molecular weight excluding hydrogens is 256 g/mol. The van der Waals surface area contributed by atoms with Crippen molar-refractivity contribution in [1.82, 2.24) is 0 Å². The van der Waals surface area contributed by atoms with Gasteiger partial charge in [0.2, 0.25) is 0 Å². The Kier molecular flexibility index (Phi) is 2.33. The van der Waals surface area contributed by atoms with Gasteiger partial charge in [-0.25, -0.2) is 0 Å². The zero-order chi connectivity index (χ0) is 10.3. The lowest BCUT2D eigenvalue weighted by Gasteiger charge is -2.42. The molecule has 0 bridgehead atoms. The molecule has 0 aliphatic carbocycles. The zero-order valence-corrected chi connectivity index (χ0v) is 9.96. The third-order valence-corrected chi connectivity index (χ3v) is 3.52. The third kappa shape index (κ3) is 1.62. The van der Waals surface area contributed by atoms with E-state index in [0.29, 0.717) is 6.04 Å². The van der Waals surface area contributed by atoms with E-state index in [4.69, 9.17) is 4.74 Å². The first-order valence-electron chi connectivity index (χ1n) is 5.22. The predicted molar refractivity (Wildman–Crippen MR) is 64.6 cm³/mol. The molecule has 2 heterocycles. The zero-order valence-electron chi connectivity index (χ0n) is 8.37. The minimum atomic E-state index is 0.487. The van der Waals surface area contributed by atoms with Crippen molar-refractivity contribution in [2.45, 2.75) is 6.04 Å². The molecule has 2 aliphatic heterocycles. The lowest BCUT2D eigenvalue weighted by Crippen LogP contribution is -2.51. The molecular formula is C11H13BrN2O. The van der Waals surface area contributed by atoms with Crippen LogP contribution in [-0.4, -0.2) is 32.3 Å². The van der Waals surface area contributed by atoms with Gasteiger partial charge in [0.05, 0.1) is 30.6 Å². The lowest BCUT2D eigenvalue weighted by molar-refractivity contribution is 0.0964. The SMILES string of the molecule is Brc1ccc2c(c1)N1CCOCC1CN2. The summed E-state index contributed by atoms with van der Waals surface area (Å²) in [6.45, 7) is 3.64. The van der Waals surface area contributed by atoms with Crippen LogP contribution < -0.4 is 10.2 Å². The first-order valence-corrected chi connectivity index (χ1v) is 6.02. The molecule has 3 rings (SSSR count). The molecule has 1 unspecified atom stereocenters. The number of fused-ring (bicyclic) bond motifs is 3. The van der Waals surface area contributed by atoms with Crippen LogP contribution in [0.5, 0.6) is 0 Å². The fourth-order valence-electron chi connectivity index (χ4n) is 2.26. The van der Waals surface area contributed by atoms with E-state index in [0.717, 1.165) is 30.8 Å². The Bertz CT molecular complexity index is 383. The number of hydrogen-bond donors (Lipinski definition) is 1. The molecule has 1 N–H and O–H groups in total. The summed E-state index contributed by atoms with van der Waals surface area (Å²) in [5.74, 6) is 0. The van der Waals surface area contributed by atoms with Crippen molar-refractivity contribution in [2.24, 2.45) is 0 Å². The van der Waals surface area contributed by atoms with Gasteiger partial charge in [0, 0.05) is 17.6 Å². The summed E-state index contributed by atoms with van der Waals surface area (Å²) in [4.78, 5) is 2.44. The second kappa shape index (κ2) is 3.68. The van der Waals surface area contributed by atoms with Gasteiger partial charge in [-0.1, -0.05) is 15.9 Å². The molecule has 0 spiro atoms. The molecule has 1 aromatic carbocycles. The molecule has 1 fully saturated rings. The molecule has 1 aromatic rings. The number of nitrogens with zero attached hydrogens (tertiary/aromatic N) is 1. The molecule has 0 radical (unpaired) electrons. The van der Waals surface area contributed by atoms with Crippen molar-refractivity contribution < 1.29 is 4.74 Å². The second-order valence-electron chi connectivity index (χ2n) is 3.96. The van der Waals surface area contributed by atoms with Gasteiger partial charge in [0.25, 0.3) is 0 Å². The highest BCUT2D eigenvalue weighted by atomic mass is 79.9. The van der Waals surface area contributed by atoms with Crippen molar-refractivity contribution in [3.63, 3.8) is 0 Å². The van der Waals surface area contributed by atoms with E-state index in [2.05, 4.69) is 44.3 Å². The van der Waals surface area contributed by atoms with Gasteiger partial charge < -0.3 is 15.0 Å². The summed E-state index contributed by atoms with van der Waals surface area (Å²) in [5.41, 5.74) is 2.53. The fraction of sp³-hybridized carbons (Fsp3) is 0.455. The van der Waals surface area contributed by atoms with Crippen LogP contribution in [0.1, 0.15) is 0 Å². The molecule has 0 aromatic heterocycles. The van der Waals surface area contributed by atoms with Gasteiger partial charge in [0.15, 0.2) is 0 Å². The number of halogens is 1. The van der Waals surface area contributed by atoms with Gasteiger partial charge >= 0.3 is 0 Å². The second-order valence-corrected chi connectivity index (χ2v) is 4.88. The van der Waals surface area contributed by atoms with Crippen molar-refractivity contribution in [2.75, 3.05) is 36.5 Å². The van der Waals surface area contributed by atoms with Gasteiger partial charge in [0.1, 0.15) is 0 Å². The maximum absolute atomic E-state index is 5.49. The van der Waals surface area contributed by atoms with Crippen LogP contribution >= 0.6 is 15.9 Å². The highest BCUT2D eigenvalue weighted by Crippen LogP contribution is 2.34. The summed E-state index contributed by atoms with van der Waals surface area (Å²) < 4.78 is 6.63. The Morgan fingerprint density at radius 2 is 2.40 bits per heavy atom. The first kappa shape index (κ1) is 9.48. The molecule has 2 aliphatic rings. The molecule has 1 saturated heterocycles. The van der Waals surface area contributed by atoms with Crippen LogP contribution in [0.4, 0.5) is 11.4 Å². The Labute approximate surface area is 97.5 Å². The standard InChI is InChI=1S/C11H13BrN2O/c12-8-1-2-10-11(5-8)14-3-4-15-7-9(14)6-13-10/h1-2,5,9,13H,3-4,6-7H2. The quantitative estimate of drug-likeness (QED) is 0.780. The number of hydrogen-bond acceptors (Lipinski definition) is 3. The summed E-state index contributed by atoms with van der Waals surface area (Å²) in [6, 6.07) is 6.87. The Balaban J connectivity index is 2.01. The van der Waals surface area contributed by atoms with Crippen LogP contribution in [0, 0.1) is 0 Å². The summed E-state index contributed by atoms with van der Waals surface area (Å²) in [5, 5.41) is 3.45. The van der Waals surface area contributed by atoms with E-state index >= 15 is 0 Å². The number of anilines is 2. The van der Waals surface area contributed by atoms with Crippen LogP contribution in [-0.2, 0) is 4.74 Å². The number of morpholine rings is 1. The number of ether oxygens (including phenoxy) is 1. The molecule has 4 heteroatoms. The van der Waals surface area contributed by atoms with Crippen LogP contribution in [0.15, 0.2) is 22.7 Å². The third-order valence-electron chi connectivity index (χ3n) is 3.02. The summed E-state index contributed by atoms with van der Waals surface area (Å²) in [7, 11) is 0. The molecule has 0 amide bonds. The normalized spacial score (nSPS) is 24.1. The molecule has 0 saturated carbocycles. The van der Waals surface area contributed by atoms with E-state index < -0.39 is 0 Å². The fourth-order valence-corrected chi connectivity index (χ4v) is 2.61. The highest BCUT2D eigenvalue weighted by molar-refractivity contribution is 9.10. The Morgan fingerprint density at radius 1 is 1.47 bits per heavy atom. The topological polar surface area (TPSA) is 24.5 Å².